The van der Waals surface area contributed by atoms with Gasteiger partial charge in [-0.2, -0.15) is 5.26 Å². The first-order valence-electron chi connectivity index (χ1n) is 6.37. The Kier molecular flexibility index (Phi) is 3.59. The lowest BCUT2D eigenvalue weighted by atomic mass is 9.95. The summed E-state index contributed by atoms with van der Waals surface area (Å²) >= 11 is 3.35. The first kappa shape index (κ1) is 13.6. The lowest BCUT2D eigenvalue weighted by Crippen LogP contribution is -2.10. The van der Waals surface area contributed by atoms with Crippen LogP contribution in [0.25, 0.3) is 11.0 Å². The van der Waals surface area contributed by atoms with Crippen molar-refractivity contribution in [2.45, 2.75) is 5.92 Å². The molecule has 0 N–H and O–H groups in total. The van der Waals surface area contributed by atoms with E-state index in [-0.39, 0.29) is 11.5 Å². The van der Waals surface area contributed by atoms with E-state index in [9.17, 15) is 10.1 Å². The van der Waals surface area contributed by atoms with E-state index >= 15 is 0 Å². The Bertz CT molecular complexity index is 827. The molecular weight excluding hydrogens is 330 g/mol. The fraction of sp³-hybridized carbons (Fsp3) is 0.0588. The number of carbonyl (C=O) groups is 1. The standard InChI is InChI=1S/C17H10BrNO2/c18-13-6-3-5-11(8-13)14(10-19)17(20)16-9-12-4-1-2-7-15(12)21-16/h1-9,14H. The van der Waals surface area contributed by atoms with Crippen LogP contribution in [-0.4, -0.2) is 5.78 Å². The molecule has 102 valence electrons. The number of benzene rings is 2. The van der Waals surface area contributed by atoms with Crippen molar-refractivity contribution in [3.05, 3.63) is 70.4 Å². The summed E-state index contributed by atoms with van der Waals surface area (Å²) in [7, 11) is 0. The molecule has 1 heterocycles. The van der Waals surface area contributed by atoms with Crippen LogP contribution >= 0.6 is 15.9 Å². The zero-order valence-corrected chi connectivity index (χ0v) is 12.5. The molecule has 3 aromatic rings. The molecule has 0 saturated heterocycles. The predicted octanol–water partition coefficient (Wildman–Crippen LogP) is 4.69. The molecule has 2 aromatic carbocycles. The molecule has 0 radical (unpaired) electrons. The highest BCUT2D eigenvalue weighted by molar-refractivity contribution is 9.10. The highest BCUT2D eigenvalue weighted by Gasteiger charge is 2.25. The van der Waals surface area contributed by atoms with Gasteiger partial charge in [-0.15, -0.1) is 0 Å². The van der Waals surface area contributed by atoms with Crippen molar-refractivity contribution in [3.63, 3.8) is 0 Å². The molecule has 1 aromatic heterocycles. The number of fused-ring (bicyclic) bond motifs is 1. The van der Waals surface area contributed by atoms with E-state index in [2.05, 4.69) is 22.0 Å². The summed E-state index contributed by atoms with van der Waals surface area (Å²) < 4.78 is 6.38. The number of halogens is 1. The van der Waals surface area contributed by atoms with Gasteiger partial charge in [0.05, 0.1) is 6.07 Å². The Morgan fingerprint density at radius 3 is 2.67 bits per heavy atom. The summed E-state index contributed by atoms with van der Waals surface area (Å²) in [5.41, 5.74) is 1.30. The van der Waals surface area contributed by atoms with Crippen molar-refractivity contribution in [1.29, 1.82) is 5.26 Å². The largest absolute Gasteiger partial charge is 0.453 e. The second-order valence-electron chi connectivity index (χ2n) is 4.63. The summed E-state index contributed by atoms with van der Waals surface area (Å²) in [6.45, 7) is 0. The molecule has 0 saturated carbocycles. The normalized spacial score (nSPS) is 12.0. The van der Waals surface area contributed by atoms with Crippen LogP contribution in [0.15, 0.2) is 63.5 Å². The average molecular weight is 340 g/mol. The maximum absolute atomic E-state index is 12.5. The topological polar surface area (TPSA) is 54.0 Å². The van der Waals surface area contributed by atoms with Crippen molar-refractivity contribution < 1.29 is 9.21 Å². The molecule has 0 bridgehead atoms. The van der Waals surface area contributed by atoms with E-state index in [0.717, 1.165) is 9.86 Å². The molecule has 0 aliphatic rings. The van der Waals surface area contributed by atoms with E-state index in [1.54, 1.807) is 30.3 Å². The molecule has 0 spiro atoms. The fourth-order valence-corrected chi connectivity index (χ4v) is 2.63. The summed E-state index contributed by atoms with van der Waals surface area (Å²) in [4.78, 5) is 12.5. The van der Waals surface area contributed by atoms with Crippen LogP contribution in [0.5, 0.6) is 0 Å². The third-order valence-electron chi connectivity index (χ3n) is 3.24. The van der Waals surface area contributed by atoms with Crippen molar-refractivity contribution >= 4 is 32.7 Å². The zero-order chi connectivity index (χ0) is 14.8. The summed E-state index contributed by atoms with van der Waals surface area (Å²) in [5, 5.41) is 10.2. The molecule has 0 amide bonds. The number of carbonyl (C=O) groups excluding carboxylic acids is 1. The first-order chi connectivity index (χ1) is 10.2. The molecule has 0 aliphatic heterocycles. The van der Waals surface area contributed by atoms with Gasteiger partial charge in [-0.25, -0.2) is 0 Å². The Morgan fingerprint density at radius 2 is 1.95 bits per heavy atom. The molecular formula is C17H10BrNO2. The van der Waals surface area contributed by atoms with Crippen molar-refractivity contribution in [2.75, 3.05) is 0 Å². The Labute approximate surface area is 129 Å². The van der Waals surface area contributed by atoms with Gasteiger partial charge in [-0.1, -0.05) is 46.3 Å². The zero-order valence-electron chi connectivity index (χ0n) is 10.9. The number of ketones is 1. The molecule has 3 nitrogen and oxygen atoms in total. The van der Waals surface area contributed by atoms with E-state index in [0.29, 0.717) is 11.1 Å². The molecule has 1 atom stereocenters. The van der Waals surface area contributed by atoms with Crippen LogP contribution in [-0.2, 0) is 0 Å². The number of rotatable bonds is 3. The van der Waals surface area contributed by atoms with Crippen LogP contribution in [0, 0.1) is 11.3 Å². The quantitative estimate of drug-likeness (QED) is 0.650. The average Bonchev–Trinajstić information content (AvgIpc) is 2.92. The van der Waals surface area contributed by atoms with Gasteiger partial charge in [0, 0.05) is 9.86 Å². The maximum Gasteiger partial charge on any atom is 0.219 e. The second kappa shape index (κ2) is 5.55. The fourth-order valence-electron chi connectivity index (χ4n) is 2.22. The smallest absolute Gasteiger partial charge is 0.219 e. The van der Waals surface area contributed by atoms with Crippen LogP contribution in [0.4, 0.5) is 0 Å². The van der Waals surface area contributed by atoms with Crippen molar-refractivity contribution in [2.24, 2.45) is 0 Å². The molecule has 21 heavy (non-hydrogen) atoms. The van der Waals surface area contributed by atoms with Gasteiger partial charge >= 0.3 is 0 Å². The third kappa shape index (κ3) is 2.61. The number of furan rings is 1. The number of nitriles is 1. The van der Waals surface area contributed by atoms with Gasteiger partial charge in [-0.05, 0) is 29.8 Å². The van der Waals surface area contributed by atoms with Crippen molar-refractivity contribution in [1.82, 2.24) is 0 Å². The number of hydrogen-bond donors (Lipinski definition) is 0. The highest BCUT2D eigenvalue weighted by Crippen LogP contribution is 2.26. The molecule has 3 rings (SSSR count). The highest BCUT2D eigenvalue weighted by atomic mass is 79.9. The molecule has 0 aliphatic carbocycles. The third-order valence-corrected chi connectivity index (χ3v) is 3.73. The Morgan fingerprint density at radius 1 is 1.14 bits per heavy atom. The Balaban J connectivity index is 2.01. The maximum atomic E-state index is 12.5. The minimum atomic E-state index is -0.872. The second-order valence-corrected chi connectivity index (χ2v) is 5.55. The lowest BCUT2D eigenvalue weighted by Gasteiger charge is -2.06. The molecule has 4 heteroatoms. The monoisotopic (exact) mass is 339 g/mol. The van der Waals surface area contributed by atoms with Crippen LogP contribution < -0.4 is 0 Å². The van der Waals surface area contributed by atoms with E-state index < -0.39 is 5.92 Å². The van der Waals surface area contributed by atoms with Gasteiger partial charge < -0.3 is 4.42 Å². The molecule has 1 unspecified atom stereocenters. The van der Waals surface area contributed by atoms with Crippen LogP contribution in [0.1, 0.15) is 22.0 Å². The number of nitrogens with zero attached hydrogens (tertiary/aromatic N) is 1. The Hall–Kier alpha value is -2.38. The van der Waals surface area contributed by atoms with E-state index in [1.165, 1.54) is 0 Å². The predicted molar refractivity (Wildman–Crippen MR) is 83.0 cm³/mol. The number of hydrogen-bond acceptors (Lipinski definition) is 3. The summed E-state index contributed by atoms with van der Waals surface area (Å²) in [6.07, 6.45) is 0. The van der Waals surface area contributed by atoms with Crippen molar-refractivity contribution in [3.8, 4) is 6.07 Å². The van der Waals surface area contributed by atoms with Gasteiger partial charge in [0.1, 0.15) is 11.5 Å². The minimum Gasteiger partial charge on any atom is -0.453 e. The summed E-state index contributed by atoms with van der Waals surface area (Å²) in [6, 6.07) is 18.3. The SMILES string of the molecule is N#CC(C(=O)c1cc2ccccc2o1)c1cccc(Br)c1. The lowest BCUT2D eigenvalue weighted by molar-refractivity contribution is 0.0954. The van der Waals surface area contributed by atoms with Gasteiger partial charge in [0.15, 0.2) is 5.76 Å². The minimum absolute atomic E-state index is 0.211. The van der Waals surface area contributed by atoms with Gasteiger partial charge in [-0.3, -0.25) is 4.79 Å². The number of Topliss-reactive ketones (excluding diaryl/α,β-unsaturated/α-hetero) is 1. The first-order valence-corrected chi connectivity index (χ1v) is 7.16. The summed E-state index contributed by atoms with van der Waals surface area (Å²) in [5.74, 6) is -0.988. The van der Waals surface area contributed by atoms with Gasteiger partial charge in [0.25, 0.3) is 0 Å². The van der Waals surface area contributed by atoms with E-state index in [1.807, 2.05) is 24.3 Å². The van der Waals surface area contributed by atoms with E-state index in [4.69, 9.17) is 4.42 Å². The van der Waals surface area contributed by atoms with Crippen LogP contribution in [0.2, 0.25) is 0 Å². The van der Waals surface area contributed by atoms with Gasteiger partial charge in [0.2, 0.25) is 5.78 Å². The van der Waals surface area contributed by atoms with Crippen LogP contribution in [0.3, 0.4) is 0 Å². The number of para-hydroxylation sites is 1. The molecule has 0 fully saturated rings.